The molecule has 0 bridgehead atoms. The van der Waals surface area contributed by atoms with Gasteiger partial charge in [-0.15, -0.1) is 0 Å². The minimum Gasteiger partial charge on any atom is -0.369 e. The number of aryl methyl sites for hydroxylation is 2. The molecule has 0 saturated heterocycles. The minimum absolute atomic E-state index is 0.381. The van der Waals surface area contributed by atoms with E-state index >= 15 is 0 Å². The summed E-state index contributed by atoms with van der Waals surface area (Å²) < 4.78 is 3.56. The van der Waals surface area contributed by atoms with Crippen LogP contribution in [0.25, 0.3) is 16.9 Å². The standard InChI is InChI=1S/C13H13Cl2N5/c1-3-9-11-12(19(2)18-9)20(13(16)17-11)10-5-4-7(14)6-8(10)15/h4-6H,3H2,1-2H3,(H2,16,17). The minimum atomic E-state index is 0.381. The van der Waals surface area contributed by atoms with E-state index in [0.717, 1.165) is 29.0 Å². The Balaban J connectivity index is 2.36. The fourth-order valence-corrected chi connectivity index (χ4v) is 2.83. The molecular weight excluding hydrogens is 297 g/mol. The van der Waals surface area contributed by atoms with Crippen LogP contribution >= 0.6 is 23.2 Å². The highest BCUT2D eigenvalue weighted by Gasteiger charge is 2.19. The van der Waals surface area contributed by atoms with Gasteiger partial charge in [-0.25, -0.2) is 9.67 Å². The first-order valence-electron chi connectivity index (χ1n) is 6.18. The van der Waals surface area contributed by atoms with Crippen LogP contribution in [0.2, 0.25) is 10.0 Å². The molecule has 2 N–H and O–H groups in total. The molecule has 2 aromatic heterocycles. The lowest BCUT2D eigenvalue weighted by Gasteiger charge is -2.09. The van der Waals surface area contributed by atoms with Crippen LogP contribution in [0.15, 0.2) is 18.2 Å². The second-order valence-electron chi connectivity index (χ2n) is 4.50. The molecular formula is C13H13Cl2N5. The summed E-state index contributed by atoms with van der Waals surface area (Å²) in [5.41, 5.74) is 9.33. The number of fused-ring (bicyclic) bond motifs is 1. The first kappa shape index (κ1) is 13.3. The normalized spacial score (nSPS) is 11.4. The Morgan fingerprint density at radius 2 is 2.05 bits per heavy atom. The van der Waals surface area contributed by atoms with Gasteiger partial charge < -0.3 is 5.73 Å². The van der Waals surface area contributed by atoms with E-state index in [2.05, 4.69) is 10.1 Å². The van der Waals surface area contributed by atoms with Crippen LogP contribution in [0.4, 0.5) is 5.95 Å². The van der Waals surface area contributed by atoms with E-state index in [1.54, 1.807) is 21.4 Å². The highest BCUT2D eigenvalue weighted by atomic mass is 35.5. The lowest BCUT2D eigenvalue weighted by atomic mass is 10.3. The largest absolute Gasteiger partial charge is 0.369 e. The topological polar surface area (TPSA) is 61.7 Å². The van der Waals surface area contributed by atoms with E-state index < -0.39 is 0 Å². The molecule has 0 aliphatic carbocycles. The maximum absolute atomic E-state index is 6.27. The van der Waals surface area contributed by atoms with Crippen molar-refractivity contribution in [3.05, 3.63) is 33.9 Å². The molecule has 5 nitrogen and oxygen atoms in total. The summed E-state index contributed by atoms with van der Waals surface area (Å²) in [4.78, 5) is 4.41. The Bertz CT molecular complexity index is 803. The van der Waals surface area contributed by atoms with Crippen molar-refractivity contribution in [3.63, 3.8) is 0 Å². The molecule has 1 aromatic carbocycles. The van der Waals surface area contributed by atoms with Crippen LogP contribution in [-0.2, 0) is 13.5 Å². The van der Waals surface area contributed by atoms with Crippen molar-refractivity contribution in [1.29, 1.82) is 0 Å². The van der Waals surface area contributed by atoms with E-state index in [1.165, 1.54) is 0 Å². The zero-order chi connectivity index (χ0) is 14.4. The number of anilines is 1. The predicted octanol–water partition coefficient (Wildman–Crippen LogP) is 3.21. The maximum atomic E-state index is 6.27. The third-order valence-corrected chi connectivity index (χ3v) is 3.75. The highest BCUT2D eigenvalue weighted by molar-refractivity contribution is 6.35. The number of hydrogen-bond acceptors (Lipinski definition) is 3. The Labute approximate surface area is 125 Å². The molecule has 0 atom stereocenters. The van der Waals surface area contributed by atoms with Gasteiger partial charge in [0.05, 0.1) is 16.4 Å². The van der Waals surface area contributed by atoms with Gasteiger partial charge in [0.2, 0.25) is 5.95 Å². The summed E-state index contributed by atoms with van der Waals surface area (Å²) in [6.45, 7) is 2.03. The van der Waals surface area contributed by atoms with Gasteiger partial charge in [-0.1, -0.05) is 30.1 Å². The Morgan fingerprint density at radius 1 is 1.30 bits per heavy atom. The monoisotopic (exact) mass is 309 g/mol. The Hall–Kier alpha value is -1.72. The molecule has 0 radical (unpaired) electrons. The van der Waals surface area contributed by atoms with Gasteiger partial charge in [0.1, 0.15) is 5.52 Å². The number of nitrogens with two attached hydrogens (primary N) is 1. The van der Waals surface area contributed by atoms with Gasteiger partial charge in [-0.2, -0.15) is 5.10 Å². The number of imidazole rings is 1. The van der Waals surface area contributed by atoms with Gasteiger partial charge in [-0.3, -0.25) is 4.57 Å². The van der Waals surface area contributed by atoms with Gasteiger partial charge >= 0.3 is 0 Å². The number of nitrogen functional groups attached to an aromatic ring is 1. The summed E-state index contributed by atoms with van der Waals surface area (Å²) in [6.07, 6.45) is 0.794. The van der Waals surface area contributed by atoms with Gasteiger partial charge in [-0.05, 0) is 24.6 Å². The van der Waals surface area contributed by atoms with Crippen molar-refractivity contribution in [1.82, 2.24) is 19.3 Å². The molecule has 0 aliphatic rings. The van der Waals surface area contributed by atoms with E-state index in [9.17, 15) is 0 Å². The number of hydrogen-bond donors (Lipinski definition) is 1. The van der Waals surface area contributed by atoms with Gasteiger partial charge in [0, 0.05) is 12.1 Å². The summed E-state index contributed by atoms with van der Waals surface area (Å²) >= 11 is 12.2. The van der Waals surface area contributed by atoms with Crippen molar-refractivity contribution in [2.45, 2.75) is 13.3 Å². The van der Waals surface area contributed by atoms with Crippen LogP contribution < -0.4 is 5.73 Å². The van der Waals surface area contributed by atoms with Crippen molar-refractivity contribution in [2.75, 3.05) is 5.73 Å². The van der Waals surface area contributed by atoms with Crippen molar-refractivity contribution < 1.29 is 0 Å². The van der Waals surface area contributed by atoms with Crippen LogP contribution in [-0.4, -0.2) is 19.3 Å². The van der Waals surface area contributed by atoms with E-state index in [0.29, 0.717) is 16.0 Å². The van der Waals surface area contributed by atoms with Gasteiger partial charge in [0.15, 0.2) is 5.65 Å². The number of halogens is 2. The molecule has 0 aliphatic heterocycles. The first-order chi connectivity index (χ1) is 9.52. The fourth-order valence-electron chi connectivity index (χ4n) is 2.33. The van der Waals surface area contributed by atoms with Crippen LogP contribution in [0.5, 0.6) is 0 Å². The second kappa shape index (κ2) is 4.68. The SMILES string of the molecule is CCc1nn(C)c2c1nc(N)n2-c1ccc(Cl)cc1Cl. The van der Waals surface area contributed by atoms with Crippen molar-refractivity contribution in [3.8, 4) is 5.69 Å². The average molecular weight is 310 g/mol. The summed E-state index contributed by atoms with van der Waals surface area (Å²) in [5, 5.41) is 5.54. The number of aromatic nitrogens is 4. The Kier molecular flexibility index (Phi) is 3.11. The lowest BCUT2D eigenvalue weighted by Crippen LogP contribution is -2.05. The fraction of sp³-hybridized carbons (Fsp3) is 0.231. The molecule has 0 unspecified atom stereocenters. The van der Waals surface area contributed by atoms with E-state index in [-0.39, 0.29) is 0 Å². The Morgan fingerprint density at radius 3 is 2.70 bits per heavy atom. The molecule has 3 aromatic rings. The molecule has 0 amide bonds. The number of benzene rings is 1. The third kappa shape index (κ3) is 1.85. The summed E-state index contributed by atoms with van der Waals surface area (Å²) in [7, 11) is 1.86. The quantitative estimate of drug-likeness (QED) is 0.790. The zero-order valence-corrected chi connectivity index (χ0v) is 12.6. The number of nitrogens with zero attached hydrogens (tertiary/aromatic N) is 4. The number of rotatable bonds is 2. The van der Waals surface area contributed by atoms with E-state index in [1.807, 2.05) is 20.0 Å². The zero-order valence-electron chi connectivity index (χ0n) is 11.1. The highest BCUT2D eigenvalue weighted by Crippen LogP contribution is 2.30. The predicted molar refractivity (Wildman–Crippen MR) is 81.6 cm³/mol. The third-order valence-electron chi connectivity index (χ3n) is 3.22. The lowest BCUT2D eigenvalue weighted by molar-refractivity contribution is 0.751. The summed E-state index contributed by atoms with van der Waals surface area (Å²) in [5.74, 6) is 0.381. The van der Waals surface area contributed by atoms with Crippen molar-refractivity contribution in [2.24, 2.45) is 7.05 Å². The molecule has 104 valence electrons. The first-order valence-corrected chi connectivity index (χ1v) is 6.93. The van der Waals surface area contributed by atoms with Crippen LogP contribution in [0.1, 0.15) is 12.6 Å². The molecule has 20 heavy (non-hydrogen) atoms. The maximum Gasteiger partial charge on any atom is 0.207 e. The molecule has 7 heteroatoms. The molecule has 0 saturated carbocycles. The second-order valence-corrected chi connectivity index (χ2v) is 5.34. The van der Waals surface area contributed by atoms with Crippen LogP contribution in [0.3, 0.4) is 0 Å². The molecule has 0 fully saturated rings. The van der Waals surface area contributed by atoms with Gasteiger partial charge in [0.25, 0.3) is 0 Å². The molecule has 0 spiro atoms. The van der Waals surface area contributed by atoms with Crippen LogP contribution in [0, 0.1) is 0 Å². The summed E-state index contributed by atoms with van der Waals surface area (Å²) in [6, 6.07) is 5.27. The average Bonchev–Trinajstić information content (AvgIpc) is 2.87. The van der Waals surface area contributed by atoms with E-state index in [4.69, 9.17) is 28.9 Å². The molecule has 2 heterocycles. The van der Waals surface area contributed by atoms with Crippen molar-refractivity contribution >= 4 is 40.3 Å². The smallest absolute Gasteiger partial charge is 0.207 e. The molecule has 3 rings (SSSR count).